The minimum atomic E-state index is -0.412. The molecule has 0 radical (unpaired) electrons. The van der Waals surface area contributed by atoms with Gasteiger partial charge < -0.3 is 0 Å². The van der Waals surface area contributed by atoms with Crippen LogP contribution in [0.1, 0.15) is 37.7 Å². The zero-order chi connectivity index (χ0) is 21.6. The summed E-state index contributed by atoms with van der Waals surface area (Å²) in [6, 6.07) is 12.2. The van der Waals surface area contributed by atoms with E-state index in [0.717, 1.165) is 25.7 Å². The molecule has 8 heteroatoms. The van der Waals surface area contributed by atoms with Crippen LogP contribution in [-0.2, 0) is 4.79 Å². The van der Waals surface area contributed by atoms with Gasteiger partial charge in [0, 0.05) is 18.3 Å². The maximum absolute atomic E-state index is 13.2. The highest BCUT2D eigenvalue weighted by atomic mass is 32.2. The number of benzene rings is 1. The van der Waals surface area contributed by atoms with Crippen LogP contribution in [0.5, 0.6) is 0 Å². The fraction of sp³-hybridized carbons (Fsp3) is 0.261. The maximum atomic E-state index is 13.2. The Kier molecular flexibility index (Phi) is 6.57. The fourth-order valence-electron chi connectivity index (χ4n) is 3.79. The molecule has 1 saturated heterocycles. The smallest absolute Gasteiger partial charge is 0.276 e. The summed E-state index contributed by atoms with van der Waals surface area (Å²) in [4.78, 5) is 35.3. The number of para-hydroxylation sites is 1. The number of thioether (sulfide) groups is 1. The number of carbonyl (C=O) groups excluding carboxylic acids is 1. The number of aromatic nitrogens is 1. The van der Waals surface area contributed by atoms with Crippen LogP contribution in [0.15, 0.2) is 70.7 Å². The lowest BCUT2D eigenvalue weighted by Gasteiger charge is -2.30. The Labute approximate surface area is 184 Å². The molecule has 0 unspecified atom stereocenters. The van der Waals surface area contributed by atoms with Crippen LogP contribution >= 0.6 is 11.8 Å². The monoisotopic (exact) mass is 434 g/mol. The van der Waals surface area contributed by atoms with E-state index in [1.807, 2.05) is 23.1 Å². The molecule has 1 aromatic carbocycles. The van der Waals surface area contributed by atoms with E-state index in [1.54, 1.807) is 42.6 Å². The van der Waals surface area contributed by atoms with Gasteiger partial charge in [-0.05, 0) is 55.0 Å². The van der Waals surface area contributed by atoms with Crippen LogP contribution in [0.4, 0.5) is 11.5 Å². The molecule has 7 nitrogen and oxygen atoms in total. The van der Waals surface area contributed by atoms with Crippen molar-refractivity contribution in [1.82, 2.24) is 9.88 Å². The standard InChI is InChI=1S/C23H22N4O3S/c28-22-20(14-8-10-17-9-4-5-13-19(17)27(29)30)31-23(25-21-15-6-7-16-24-21)26(22)18-11-2-1-3-12-18/h4-10,13-16,18H,1-3,11-12H2/b10-8+,20-14-,25-23+. The van der Waals surface area contributed by atoms with Crippen molar-refractivity contribution >= 4 is 40.4 Å². The van der Waals surface area contributed by atoms with Crippen molar-refractivity contribution in [3.63, 3.8) is 0 Å². The van der Waals surface area contributed by atoms with Crippen molar-refractivity contribution in [3.8, 4) is 0 Å². The molecular weight excluding hydrogens is 412 g/mol. The molecule has 31 heavy (non-hydrogen) atoms. The Morgan fingerprint density at radius 2 is 1.90 bits per heavy atom. The van der Waals surface area contributed by atoms with E-state index in [1.165, 1.54) is 24.2 Å². The predicted octanol–water partition coefficient (Wildman–Crippen LogP) is 5.48. The average Bonchev–Trinajstić information content (AvgIpc) is 3.10. The third-order valence-corrected chi connectivity index (χ3v) is 6.29. The van der Waals surface area contributed by atoms with Gasteiger partial charge in [-0.1, -0.05) is 43.5 Å². The topological polar surface area (TPSA) is 88.7 Å². The second-order valence-electron chi connectivity index (χ2n) is 7.36. The van der Waals surface area contributed by atoms with E-state index in [2.05, 4.69) is 9.98 Å². The first-order valence-corrected chi connectivity index (χ1v) is 11.1. The Bertz CT molecular complexity index is 1060. The highest BCUT2D eigenvalue weighted by Crippen LogP contribution is 2.37. The molecule has 2 fully saturated rings. The largest absolute Gasteiger partial charge is 0.283 e. The third kappa shape index (κ3) is 4.91. The van der Waals surface area contributed by atoms with Gasteiger partial charge in [-0.25, -0.2) is 9.98 Å². The van der Waals surface area contributed by atoms with E-state index < -0.39 is 4.92 Å². The van der Waals surface area contributed by atoms with E-state index in [9.17, 15) is 14.9 Å². The lowest BCUT2D eigenvalue weighted by Crippen LogP contribution is -2.40. The first-order chi connectivity index (χ1) is 15.1. The summed E-state index contributed by atoms with van der Waals surface area (Å²) in [5.41, 5.74) is 0.523. The molecule has 1 aromatic heterocycles. The van der Waals surface area contributed by atoms with Crippen molar-refractivity contribution in [2.45, 2.75) is 38.1 Å². The fourth-order valence-corrected chi connectivity index (χ4v) is 4.79. The summed E-state index contributed by atoms with van der Waals surface area (Å²) in [6.07, 6.45) is 12.1. The first kappa shape index (κ1) is 21.0. The molecule has 0 N–H and O–H groups in total. The van der Waals surface area contributed by atoms with Crippen molar-refractivity contribution in [2.24, 2.45) is 4.99 Å². The van der Waals surface area contributed by atoms with Gasteiger partial charge in [-0.15, -0.1) is 0 Å². The lowest BCUT2D eigenvalue weighted by molar-refractivity contribution is -0.385. The zero-order valence-corrected chi connectivity index (χ0v) is 17.7. The van der Waals surface area contributed by atoms with Gasteiger partial charge in [0.25, 0.3) is 11.6 Å². The number of aliphatic imine (C=N–C) groups is 1. The molecule has 2 aliphatic rings. The summed E-state index contributed by atoms with van der Waals surface area (Å²) in [5, 5.41) is 11.8. The minimum Gasteiger partial charge on any atom is -0.283 e. The Hall–Kier alpha value is -3.26. The first-order valence-electron chi connectivity index (χ1n) is 10.3. The Morgan fingerprint density at radius 1 is 1.13 bits per heavy atom. The number of allylic oxidation sites excluding steroid dienone is 2. The summed E-state index contributed by atoms with van der Waals surface area (Å²) in [5.74, 6) is 0.495. The van der Waals surface area contributed by atoms with Crippen molar-refractivity contribution in [2.75, 3.05) is 0 Å². The number of amides is 1. The van der Waals surface area contributed by atoms with Gasteiger partial charge in [0.05, 0.1) is 15.4 Å². The number of carbonyl (C=O) groups is 1. The number of hydrogen-bond donors (Lipinski definition) is 0. The van der Waals surface area contributed by atoms with E-state index >= 15 is 0 Å². The Morgan fingerprint density at radius 3 is 2.65 bits per heavy atom. The summed E-state index contributed by atoms with van der Waals surface area (Å²) < 4.78 is 0. The van der Waals surface area contributed by atoms with Crippen molar-refractivity contribution in [3.05, 3.63) is 81.4 Å². The third-order valence-electron chi connectivity index (χ3n) is 5.29. The minimum absolute atomic E-state index is 0.0313. The van der Waals surface area contributed by atoms with Gasteiger partial charge in [0.15, 0.2) is 11.0 Å². The second kappa shape index (κ2) is 9.70. The molecule has 1 saturated carbocycles. The molecule has 0 atom stereocenters. The number of nitro benzene ring substituents is 1. The van der Waals surface area contributed by atoms with Crippen LogP contribution < -0.4 is 0 Å². The van der Waals surface area contributed by atoms with E-state index in [4.69, 9.17) is 0 Å². The molecule has 4 rings (SSSR count). The van der Waals surface area contributed by atoms with Gasteiger partial charge in [0.2, 0.25) is 0 Å². The van der Waals surface area contributed by atoms with Crippen molar-refractivity contribution in [1.29, 1.82) is 0 Å². The number of rotatable bonds is 5. The van der Waals surface area contributed by atoms with Crippen LogP contribution in [0.25, 0.3) is 6.08 Å². The predicted molar refractivity (Wildman–Crippen MR) is 123 cm³/mol. The maximum Gasteiger partial charge on any atom is 0.276 e. The van der Waals surface area contributed by atoms with Crippen LogP contribution in [0, 0.1) is 10.1 Å². The number of hydrogen-bond acceptors (Lipinski definition) is 6. The number of nitrogens with zero attached hydrogens (tertiary/aromatic N) is 4. The van der Waals surface area contributed by atoms with Gasteiger partial charge in [-0.3, -0.25) is 19.8 Å². The summed E-state index contributed by atoms with van der Waals surface area (Å²) in [6.45, 7) is 0. The van der Waals surface area contributed by atoms with Crippen LogP contribution in [0.3, 0.4) is 0 Å². The molecule has 0 spiro atoms. The SMILES string of the molecule is O=C1/C(=C/C=C/c2ccccc2[N+](=O)[O-])S/C(=N/c2ccccn2)N1C1CCCCC1. The molecule has 1 aliphatic heterocycles. The van der Waals surface area contributed by atoms with Crippen LogP contribution in [0.2, 0.25) is 0 Å². The normalized spacial score (nSPS) is 20.3. The van der Waals surface area contributed by atoms with Crippen molar-refractivity contribution < 1.29 is 9.72 Å². The van der Waals surface area contributed by atoms with Gasteiger partial charge >= 0.3 is 0 Å². The van der Waals surface area contributed by atoms with E-state index in [0.29, 0.717) is 21.5 Å². The molecule has 2 heterocycles. The van der Waals surface area contributed by atoms with E-state index in [-0.39, 0.29) is 17.6 Å². The number of pyridine rings is 1. The zero-order valence-electron chi connectivity index (χ0n) is 16.9. The highest BCUT2D eigenvalue weighted by molar-refractivity contribution is 8.18. The quantitative estimate of drug-likeness (QED) is 0.353. The molecule has 1 amide bonds. The molecular formula is C23H22N4O3S. The number of amidine groups is 1. The summed E-state index contributed by atoms with van der Waals surface area (Å²) in [7, 11) is 0. The highest BCUT2D eigenvalue weighted by Gasteiger charge is 2.38. The second-order valence-corrected chi connectivity index (χ2v) is 8.37. The average molecular weight is 435 g/mol. The molecule has 1 aliphatic carbocycles. The van der Waals surface area contributed by atoms with Gasteiger partial charge in [0.1, 0.15) is 0 Å². The lowest BCUT2D eigenvalue weighted by atomic mass is 9.94. The number of nitro groups is 1. The summed E-state index contributed by atoms with van der Waals surface area (Å²) >= 11 is 1.32. The Balaban J connectivity index is 1.62. The van der Waals surface area contributed by atoms with Crippen LogP contribution in [-0.4, -0.2) is 31.9 Å². The van der Waals surface area contributed by atoms with Gasteiger partial charge in [-0.2, -0.15) is 0 Å². The molecule has 158 valence electrons. The molecule has 0 bridgehead atoms. The molecule has 2 aromatic rings.